The Balaban J connectivity index is 2.68. The molecule has 0 unspecified atom stereocenters. The number of Topliss-reactive ketones (excluding diaryl/α,β-unsaturated/α-hetero) is 1. The Kier molecular flexibility index (Phi) is 5.13. The number of hydrogen-bond donors (Lipinski definition) is 0. The molecule has 1 aromatic carbocycles. The molecule has 0 radical (unpaired) electrons. The molecule has 1 aromatic rings. The predicted molar refractivity (Wildman–Crippen MR) is 65.1 cm³/mol. The fraction of sp³-hybridized carbons (Fsp3) is 0.417. The van der Waals surface area contributed by atoms with Gasteiger partial charge in [0.05, 0.1) is 0 Å². The molecule has 0 bridgehead atoms. The number of ketones is 1. The lowest BCUT2D eigenvalue weighted by atomic mass is 10.0. The highest BCUT2D eigenvalue weighted by atomic mass is 35.5. The highest BCUT2D eigenvalue weighted by Crippen LogP contribution is 2.17. The monoisotopic (exact) mass is 244 g/mol. The molecule has 0 aliphatic heterocycles. The lowest BCUT2D eigenvalue weighted by Crippen LogP contribution is -2.01. The van der Waals surface area contributed by atoms with E-state index in [4.69, 9.17) is 23.2 Å². The van der Waals surface area contributed by atoms with E-state index in [-0.39, 0.29) is 5.78 Å². The predicted octanol–water partition coefficient (Wildman–Crippen LogP) is 4.24. The Morgan fingerprint density at radius 1 is 1.33 bits per heavy atom. The van der Waals surface area contributed by atoms with E-state index >= 15 is 0 Å². The van der Waals surface area contributed by atoms with Gasteiger partial charge in [0.25, 0.3) is 0 Å². The Labute approximate surface area is 100 Å². The normalized spacial score (nSPS) is 10.3. The second-order valence-corrected chi connectivity index (χ2v) is 4.34. The van der Waals surface area contributed by atoms with Gasteiger partial charge in [-0.25, -0.2) is 0 Å². The summed E-state index contributed by atoms with van der Waals surface area (Å²) in [5, 5.41) is 0.612. The molecular formula is C12H14Cl2O. The number of hydrogen-bond acceptors (Lipinski definition) is 1. The quantitative estimate of drug-likeness (QED) is 0.430. The molecule has 0 spiro atoms. The number of unbranched alkanes of at least 4 members (excludes halogenated alkanes) is 1. The summed E-state index contributed by atoms with van der Waals surface area (Å²) in [6.07, 6.45) is 2.27. The average Bonchev–Trinajstić information content (AvgIpc) is 2.22. The van der Waals surface area contributed by atoms with Crippen LogP contribution < -0.4 is 0 Å². The SMILES string of the molecule is Cc1ccc(Cl)cc1C(=O)CCCCCl. The highest BCUT2D eigenvalue weighted by Gasteiger charge is 2.08. The minimum atomic E-state index is 0.153. The Morgan fingerprint density at radius 3 is 2.73 bits per heavy atom. The van der Waals surface area contributed by atoms with Gasteiger partial charge in [-0.1, -0.05) is 17.7 Å². The zero-order valence-electron chi connectivity index (χ0n) is 8.72. The van der Waals surface area contributed by atoms with Crippen molar-refractivity contribution in [2.45, 2.75) is 26.2 Å². The van der Waals surface area contributed by atoms with Crippen LogP contribution in [0.15, 0.2) is 18.2 Å². The van der Waals surface area contributed by atoms with Gasteiger partial charge in [-0.05, 0) is 37.5 Å². The smallest absolute Gasteiger partial charge is 0.163 e. The number of benzene rings is 1. The van der Waals surface area contributed by atoms with Gasteiger partial charge in [0.2, 0.25) is 0 Å². The molecule has 0 aliphatic rings. The van der Waals surface area contributed by atoms with E-state index in [2.05, 4.69) is 0 Å². The molecule has 0 fully saturated rings. The van der Waals surface area contributed by atoms with Crippen molar-refractivity contribution in [2.75, 3.05) is 5.88 Å². The third-order valence-corrected chi connectivity index (χ3v) is 2.79. The van der Waals surface area contributed by atoms with Gasteiger partial charge in [0.1, 0.15) is 0 Å². The van der Waals surface area contributed by atoms with E-state index in [9.17, 15) is 4.79 Å². The van der Waals surface area contributed by atoms with E-state index in [1.54, 1.807) is 12.1 Å². The molecule has 0 N–H and O–H groups in total. The van der Waals surface area contributed by atoms with Crippen molar-refractivity contribution in [3.05, 3.63) is 34.3 Å². The molecule has 0 aliphatic carbocycles. The fourth-order valence-corrected chi connectivity index (χ4v) is 1.77. The number of alkyl halides is 1. The third-order valence-electron chi connectivity index (χ3n) is 2.29. The topological polar surface area (TPSA) is 17.1 Å². The van der Waals surface area contributed by atoms with Crippen LogP contribution in [0, 0.1) is 6.92 Å². The van der Waals surface area contributed by atoms with Crippen molar-refractivity contribution in [3.8, 4) is 0 Å². The highest BCUT2D eigenvalue weighted by molar-refractivity contribution is 6.31. The van der Waals surface area contributed by atoms with Crippen LogP contribution in [0.2, 0.25) is 5.02 Å². The van der Waals surface area contributed by atoms with Crippen LogP contribution in [-0.2, 0) is 0 Å². The van der Waals surface area contributed by atoms with Crippen molar-refractivity contribution in [3.63, 3.8) is 0 Å². The number of carbonyl (C=O) groups is 1. The van der Waals surface area contributed by atoms with E-state index in [1.807, 2.05) is 13.0 Å². The minimum absolute atomic E-state index is 0.153. The van der Waals surface area contributed by atoms with Gasteiger partial charge in [0, 0.05) is 22.9 Å². The lowest BCUT2D eigenvalue weighted by molar-refractivity contribution is 0.0979. The average molecular weight is 245 g/mol. The molecule has 15 heavy (non-hydrogen) atoms. The summed E-state index contributed by atoms with van der Waals surface area (Å²) in [7, 11) is 0. The fourth-order valence-electron chi connectivity index (χ4n) is 1.41. The molecule has 1 nitrogen and oxygen atoms in total. The van der Waals surface area contributed by atoms with Crippen molar-refractivity contribution in [2.24, 2.45) is 0 Å². The Bertz CT molecular complexity index is 347. The summed E-state index contributed by atoms with van der Waals surface area (Å²) in [4.78, 5) is 11.8. The van der Waals surface area contributed by atoms with Crippen LogP contribution >= 0.6 is 23.2 Å². The van der Waals surface area contributed by atoms with Gasteiger partial charge in [0.15, 0.2) is 5.78 Å². The van der Waals surface area contributed by atoms with E-state index < -0.39 is 0 Å². The van der Waals surface area contributed by atoms with Crippen molar-refractivity contribution >= 4 is 29.0 Å². The molecule has 82 valence electrons. The van der Waals surface area contributed by atoms with Crippen molar-refractivity contribution in [1.82, 2.24) is 0 Å². The Hall–Kier alpha value is -0.530. The molecular weight excluding hydrogens is 231 g/mol. The van der Waals surface area contributed by atoms with Crippen LogP contribution in [0.4, 0.5) is 0 Å². The lowest BCUT2D eigenvalue weighted by Gasteiger charge is -2.04. The van der Waals surface area contributed by atoms with Crippen LogP contribution in [0.1, 0.15) is 35.2 Å². The van der Waals surface area contributed by atoms with Crippen molar-refractivity contribution in [1.29, 1.82) is 0 Å². The van der Waals surface area contributed by atoms with Crippen LogP contribution in [0.25, 0.3) is 0 Å². The summed E-state index contributed by atoms with van der Waals surface area (Å²) in [5.74, 6) is 0.766. The first-order valence-electron chi connectivity index (χ1n) is 5.00. The van der Waals surface area contributed by atoms with Crippen LogP contribution in [0.3, 0.4) is 0 Å². The molecule has 0 saturated heterocycles. The third kappa shape index (κ3) is 3.84. The summed E-state index contributed by atoms with van der Waals surface area (Å²) in [5.41, 5.74) is 1.72. The van der Waals surface area contributed by atoms with Crippen LogP contribution in [-0.4, -0.2) is 11.7 Å². The maximum absolute atomic E-state index is 11.8. The Morgan fingerprint density at radius 2 is 2.07 bits per heavy atom. The molecule has 0 atom stereocenters. The molecule has 0 amide bonds. The zero-order chi connectivity index (χ0) is 11.3. The second kappa shape index (κ2) is 6.14. The number of aryl methyl sites for hydroxylation is 1. The van der Waals surface area contributed by atoms with Gasteiger partial charge < -0.3 is 0 Å². The van der Waals surface area contributed by atoms with E-state index in [1.165, 1.54) is 0 Å². The standard InChI is InChI=1S/C12H14Cl2O/c1-9-5-6-10(14)8-11(9)12(15)4-2-3-7-13/h5-6,8H,2-4,7H2,1H3. The molecule has 3 heteroatoms. The summed E-state index contributed by atoms with van der Waals surface area (Å²) >= 11 is 11.4. The zero-order valence-corrected chi connectivity index (χ0v) is 10.2. The van der Waals surface area contributed by atoms with E-state index in [0.717, 1.165) is 24.0 Å². The number of carbonyl (C=O) groups excluding carboxylic acids is 1. The maximum Gasteiger partial charge on any atom is 0.163 e. The molecule has 0 aromatic heterocycles. The first-order chi connectivity index (χ1) is 7.15. The summed E-state index contributed by atoms with van der Waals surface area (Å²) < 4.78 is 0. The second-order valence-electron chi connectivity index (χ2n) is 3.53. The van der Waals surface area contributed by atoms with Gasteiger partial charge >= 0.3 is 0 Å². The molecule has 0 saturated carbocycles. The summed E-state index contributed by atoms with van der Waals surface area (Å²) in [6, 6.07) is 5.41. The first kappa shape index (κ1) is 12.5. The van der Waals surface area contributed by atoms with Gasteiger partial charge in [-0.15, -0.1) is 11.6 Å². The molecule has 0 heterocycles. The maximum atomic E-state index is 11.8. The van der Waals surface area contributed by atoms with Gasteiger partial charge in [-0.3, -0.25) is 4.79 Å². The van der Waals surface area contributed by atoms with E-state index in [0.29, 0.717) is 17.3 Å². The number of halogens is 2. The minimum Gasteiger partial charge on any atom is -0.294 e. The van der Waals surface area contributed by atoms with Gasteiger partial charge in [-0.2, -0.15) is 0 Å². The summed E-state index contributed by atoms with van der Waals surface area (Å²) in [6.45, 7) is 1.92. The largest absolute Gasteiger partial charge is 0.294 e. The van der Waals surface area contributed by atoms with Crippen molar-refractivity contribution < 1.29 is 4.79 Å². The molecule has 1 rings (SSSR count). The number of rotatable bonds is 5. The van der Waals surface area contributed by atoms with Crippen LogP contribution in [0.5, 0.6) is 0 Å². The first-order valence-corrected chi connectivity index (χ1v) is 5.91.